The van der Waals surface area contributed by atoms with Crippen LogP contribution in [0.4, 0.5) is 0 Å². The third kappa shape index (κ3) is 2.69. The fourth-order valence-electron chi connectivity index (χ4n) is 2.95. The molecule has 0 spiro atoms. The first-order valence-corrected chi connectivity index (χ1v) is 8.56. The summed E-state index contributed by atoms with van der Waals surface area (Å²) in [6.45, 7) is 1.02. The zero-order valence-electron chi connectivity index (χ0n) is 12.0. The molecule has 0 aromatic heterocycles. The summed E-state index contributed by atoms with van der Waals surface area (Å²) in [5.74, 6) is 0. The van der Waals surface area contributed by atoms with E-state index in [1.807, 2.05) is 30.3 Å². The molecular weight excluding hydrogens is 286 g/mol. The Hall–Kier alpha value is -1.43. The van der Waals surface area contributed by atoms with Gasteiger partial charge in [-0.3, -0.25) is 0 Å². The van der Waals surface area contributed by atoms with E-state index in [0.717, 1.165) is 23.6 Å². The number of nitrogens with zero attached hydrogens (tertiary/aromatic N) is 1. The standard InChI is InChI=1S/C16H19NO3S/c1-20-12-15-7-4-10-17(15)21(18,19)16-9-8-13-5-2-3-6-14(13)11-16/h2-3,5-6,8-9,11,15H,4,7,10,12H2,1H3. The summed E-state index contributed by atoms with van der Waals surface area (Å²) >= 11 is 0. The lowest BCUT2D eigenvalue weighted by Gasteiger charge is -2.23. The van der Waals surface area contributed by atoms with Crippen LogP contribution >= 0.6 is 0 Å². The van der Waals surface area contributed by atoms with Gasteiger partial charge in [-0.15, -0.1) is 0 Å². The van der Waals surface area contributed by atoms with Crippen LogP contribution in [0.25, 0.3) is 10.8 Å². The number of sulfonamides is 1. The first kappa shape index (κ1) is 14.5. The normalized spacial score (nSPS) is 20.1. The Morgan fingerprint density at radius 2 is 1.95 bits per heavy atom. The maximum absolute atomic E-state index is 12.8. The molecule has 1 unspecified atom stereocenters. The number of hydrogen-bond acceptors (Lipinski definition) is 3. The van der Waals surface area contributed by atoms with Gasteiger partial charge in [0.1, 0.15) is 0 Å². The van der Waals surface area contributed by atoms with Crippen LogP contribution in [0.3, 0.4) is 0 Å². The maximum Gasteiger partial charge on any atom is 0.243 e. The van der Waals surface area contributed by atoms with Crippen LogP contribution in [0.15, 0.2) is 47.4 Å². The molecule has 0 bridgehead atoms. The third-order valence-corrected chi connectivity index (χ3v) is 5.96. The number of rotatable bonds is 4. The third-order valence-electron chi connectivity index (χ3n) is 4.01. The summed E-state index contributed by atoms with van der Waals surface area (Å²) in [4.78, 5) is 0.365. The molecule has 1 aliphatic heterocycles. The first-order valence-electron chi connectivity index (χ1n) is 7.12. The minimum Gasteiger partial charge on any atom is -0.383 e. The molecule has 3 rings (SSSR count). The number of ether oxygens (including phenoxy) is 1. The number of fused-ring (bicyclic) bond motifs is 1. The molecule has 4 nitrogen and oxygen atoms in total. The number of hydrogen-bond donors (Lipinski definition) is 0. The van der Waals surface area contributed by atoms with Crippen LogP contribution in [0.1, 0.15) is 12.8 Å². The average molecular weight is 305 g/mol. The van der Waals surface area contributed by atoms with E-state index in [-0.39, 0.29) is 6.04 Å². The van der Waals surface area contributed by atoms with Gasteiger partial charge in [-0.1, -0.05) is 30.3 Å². The van der Waals surface area contributed by atoms with Crippen molar-refractivity contribution in [1.29, 1.82) is 0 Å². The molecule has 1 saturated heterocycles. The summed E-state index contributed by atoms with van der Waals surface area (Å²) in [5, 5.41) is 1.99. The second-order valence-corrected chi connectivity index (χ2v) is 7.27. The fourth-order valence-corrected chi connectivity index (χ4v) is 4.66. The molecule has 112 valence electrons. The van der Waals surface area contributed by atoms with E-state index < -0.39 is 10.0 Å². The fraction of sp³-hybridized carbons (Fsp3) is 0.375. The van der Waals surface area contributed by atoms with Crippen LogP contribution < -0.4 is 0 Å². The van der Waals surface area contributed by atoms with Gasteiger partial charge in [-0.05, 0) is 35.7 Å². The number of benzene rings is 2. The molecule has 1 aliphatic rings. The highest BCUT2D eigenvalue weighted by molar-refractivity contribution is 7.89. The minimum atomic E-state index is -3.45. The summed E-state index contributed by atoms with van der Waals surface area (Å²) in [5.41, 5.74) is 0. The van der Waals surface area contributed by atoms with Crippen LogP contribution in [0.2, 0.25) is 0 Å². The smallest absolute Gasteiger partial charge is 0.243 e. The second kappa shape index (κ2) is 5.75. The Morgan fingerprint density at radius 3 is 2.71 bits per heavy atom. The predicted octanol–water partition coefficient (Wildman–Crippen LogP) is 2.64. The molecule has 5 heteroatoms. The van der Waals surface area contributed by atoms with E-state index in [0.29, 0.717) is 18.0 Å². The average Bonchev–Trinajstić information content (AvgIpc) is 2.96. The van der Waals surface area contributed by atoms with Gasteiger partial charge in [0.15, 0.2) is 0 Å². The van der Waals surface area contributed by atoms with Gasteiger partial charge >= 0.3 is 0 Å². The second-order valence-electron chi connectivity index (χ2n) is 5.38. The van der Waals surface area contributed by atoms with Gasteiger partial charge < -0.3 is 4.74 Å². The summed E-state index contributed by atoms with van der Waals surface area (Å²) in [6.07, 6.45) is 1.75. The lowest BCUT2D eigenvalue weighted by atomic mass is 10.1. The van der Waals surface area contributed by atoms with Crippen molar-refractivity contribution in [2.75, 3.05) is 20.3 Å². The Bertz CT molecular complexity index is 742. The minimum absolute atomic E-state index is 0.0496. The van der Waals surface area contributed by atoms with Crippen molar-refractivity contribution in [2.45, 2.75) is 23.8 Å². The monoisotopic (exact) mass is 305 g/mol. The quantitative estimate of drug-likeness (QED) is 0.872. The lowest BCUT2D eigenvalue weighted by molar-refractivity contribution is 0.149. The zero-order chi connectivity index (χ0) is 14.9. The van der Waals surface area contributed by atoms with Crippen LogP contribution in [0.5, 0.6) is 0 Å². The van der Waals surface area contributed by atoms with Crippen molar-refractivity contribution >= 4 is 20.8 Å². The Morgan fingerprint density at radius 1 is 1.19 bits per heavy atom. The summed E-state index contributed by atoms with van der Waals surface area (Å²) < 4.78 is 32.4. The van der Waals surface area contributed by atoms with Crippen molar-refractivity contribution in [1.82, 2.24) is 4.31 Å². The first-order chi connectivity index (χ1) is 10.1. The van der Waals surface area contributed by atoms with E-state index in [1.165, 1.54) is 0 Å². The number of methoxy groups -OCH3 is 1. The van der Waals surface area contributed by atoms with E-state index in [2.05, 4.69) is 0 Å². The van der Waals surface area contributed by atoms with E-state index >= 15 is 0 Å². The predicted molar refractivity (Wildman–Crippen MR) is 82.7 cm³/mol. The van der Waals surface area contributed by atoms with Gasteiger partial charge in [0.2, 0.25) is 10.0 Å². The van der Waals surface area contributed by atoms with Gasteiger partial charge in [0.25, 0.3) is 0 Å². The SMILES string of the molecule is COCC1CCCN1S(=O)(=O)c1ccc2ccccc2c1. The Balaban J connectivity index is 1.99. The molecule has 0 saturated carbocycles. The van der Waals surface area contributed by atoms with Crippen LogP contribution in [0, 0.1) is 0 Å². The molecule has 1 atom stereocenters. The molecule has 2 aromatic rings. The van der Waals surface area contributed by atoms with Crippen LogP contribution in [-0.2, 0) is 14.8 Å². The van der Waals surface area contributed by atoms with Crippen molar-refractivity contribution < 1.29 is 13.2 Å². The van der Waals surface area contributed by atoms with Crippen molar-refractivity contribution in [3.05, 3.63) is 42.5 Å². The molecule has 0 amide bonds. The van der Waals surface area contributed by atoms with Crippen molar-refractivity contribution in [3.63, 3.8) is 0 Å². The van der Waals surface area contributed by atoms with E-state index in [9.17, 15) is 8.42 Å². The van der Waals surface area contributed by atoms with Gasteiger partial charge in [0, 0.05) is 19.7 Å². The molecule has 0 aliphatic carbocycles. The largest absolute Gasteiger partial charge is 0.383 e. The van der Waals surface area contributed by atoms with Gasteiger partial charge in [-0.25, -0.2) is 8.42 Å². The molecule has 21 heavy (non-hydrogen) atoms. The van der Waals surface area contributed by atoms with Crippen molar-refractivity contribution in [2.24, 2.45) is 0 Å². The zero-order valence-corrected chi connectivity index (χ0v) is 12.8. The Labute approximate surface area is 125 Å². The highest BCUT2D eigenvalue weighted by atomic mass is 32.2. The maximum atomic E-state index is 12.8. The van der Waals surface area contributed by atoms with E-state index in [4.69, 9.17) is 4.74 Å². The van der Waals surface area contributed by atoms with Crippen molar-refractivity contribution in [3.8, 4) is 0 Å². The molecule has 2 aromatic carbocycles. The molecule has 0 radical (unpaired) electrons. The molecule has 1 heterocycles. The van der Waals surface area contributed by atoms with E-state index in [1.54, 1.807) is 23.5 Å². The Kier molecular flexibility index (Phi) is 3.97. The van der Waals surface area contributed by atoms with Crippen LogP contribution in [-0.4, -0.2) is 39.0 Å². The highest BCUT2D eigenvalue weighted by Gasteiger charge is 2.35. The van der Waals surface area contributed by atoms with Gasteiger partial charge in [-0.2, -0.15) is 4.31 Å². The molecule has 1 fully saturated rings. The molecular formula is C16H19NO3S. The van der Waals surface area contributed by atoms with Gasteiger partial charge in [0.05, 0.1) is 11.5 Å². The summed E-state index contributed by atoms with van der Waals surface area (Å²) in [7, 11) is -1.84. The lowest BCUT2D eigenvalue weighted by Crippen LogP contribution is -2.38. The molecule has 0 N–H and O–H groups in total. The topological polar surface area (TPSA) is 46.6 Å². The summed E-state index contributed by atoms with van der Waals surface area (Å²) in [6, 6.07) is 13.1. The highest BCUT2D eigenvalue weighted by Crippen LogP contribution is 2.28.